The molecule has 7 aromatic carbocycles. The first-order chi connectivity index (χ1) is 29.2. The van der Waals surface area contributed by atoms with Crippen molar-refractivity contribution in [2.45, 2.75) is 17.8 Å². The first kappa shape index (κ1) is 41.8. The second kappa shape index (κ2) is 16.7. The summed E-state index contributed by atoms with van der Waals surface area (Å²) in [6.45, 7) is 0. The second-order valence-electron chi connectivity index (χ2n) is 13.1. The first-order valence-electron chi connectivity index (χ1n) is 17.7. The third-order valence-corrected chi connectivity index (χ3v) is 10.0. The molecule has 302 valence electrons. The molecule has 0 bridgehead atoms. The van der Waals surface area contributed by atoms with Gasteiger partial charge >= 0.3 is 12.4 Å². The van der Waals surface area contributed by atoms with Crippen LogP contribution in [0.4, 0.5) is 26.3 Å². The van der Waals surface area contributed by atoms with Crippen LogP contribution in [0.25, 0.3) is 10.8 Å². The Morgan fingerprint density at radius 2 is 0.721 bits per heavy atom. The highest BCUT2D eigenvalue weighted by Crippen LogP contribution is 2.56. The average molecular weight is 867 g/mol. The molecule has 0 N–H and O–H groups in total. The normalized spacial score (nSPS) is 11.6. The molecule has 61 heavy (non-hydrogen) atoms. The summed E-state index contributed by atoms with van der Waals surface area (Å²) in [6, 6.07) is 35.9. The minimum atomic E-state index is -5.88. The van der Waals surface area contributed by atoms with E-state index in [2.05, 4.69) is 0 Å². The molecular weight excluding hydrogens is 843 g/mol. The second-order valence-corrected chi connectivity index (χ2v) is 13.9. The smallest absolute Gasteiger partial charge is 0.411 e. The lowest BCUT2D eigenvalue weighted by Crippen LogP contribution is -2.54. The van der Waals surface area contributed by atoms with Gasteiger partial charge in [-0.2, -0.15) is 42.1 Å². The minimum Gasteiger partial charge on any atom is -0.456 e. The number of fused-ring (bicyclic) bond motifs is 1. The number of halogens is 8. The van der Waals surface area contributed by atoms with Gasteiger partial charge in [-0.25, -0.2) is 0 Å². The average Bonchev–Trinajstić information content (AvgIpc) is 3.21. The van der Waals surface area contributed by atoms with Crippen LogP contribution in [0.1, 0.15) is 27.8 Å². The predicted octanol–water partition coefficient (Wildman–Crippen LogP) is 14.3. The summed E-state index contributed by atoms with van der Waals surface area (Å²) in [5, 5.41) is 30.8. The SMILES string of the molecule is N#Cc1c(Cl)cccc1Oc1ccc(C(c2ccc(Oc3cccc(Oc4ccc5ccc(Oc6cccc(Cl)c6C#N)cc5c4)c3C#N)cc2)(C(F)(F)F)C(F)(F)F)cc1. The summed E-state index contributed by atoms with van der Waals surface area (Å²) in [4.78, 5) is 0. The molecule has 0 aliphatic rings. The Hall–Kier alpha value is -7.37. The monoisotopic (exact) mass is 865 g/mol. The Bertz CT molecular complexity index is 2910. The van der Waals surface area contributed by atoms with Crippen molar-refractivity contribution in [1.29, 1.82) is 15.8 Å². The van der Waals surface area contributed by atoms with E-state index >= 15 is 0 Å². The molecule has 0 radical (unpaired) electrons. The fraction of sp³-hybridized carbons (Fsp3) is 0.0652. The van der Waals surface area contributed by atoms with E-state index in [0.717, 1.165) is 29.7 Å². The van der Waals surface area contributed by atoms with Gasteiger partial charge in [-0.1, -0.05) is 77.8 Å². The number of benzene rings is 7. The van der Waals surface area contributed by atoms with Crippen LogP contribution in [0.15, 0.2) is 140 Å². The lowest BCUT2D eigenvalue weighted by Gasteiger charge is -2.38. The standard InChI is InChI=1S/C46H23Cl2F6N3O4/c47-38-4-1-6-40(35(38)24-55)58-31-18-12-29(13-19-31)44(45(49,50)51,46(52,53)54)30-14-20-32(21-15-30)59-42-8-3-9-43(37(42)26-57)61-34-17-11-27-10-16-33(22-28(27)23-34)60-41-7-2-5-39(48)36(41)25-56/h1-23H. The molecule has 0 atom stereocenters. The van der Waals surface area contributed by atoms with Crippen molar-refractivity contribution in [3.63, 3.8) is 0 Å². The van der Waals surface area contributed by atoms with Crippen LogP contribution in [-0.2, 0) is 5.41 Å². The highest BCUT2D eigenvalue weighted by Gasteiger charge is 2.72. The van der Waals surface area contributed by atoms with Crippen molar-refractivity contribution >= 4 is 34.0 Å². The predicted molar refractivity (Wildman–Crippen MR) is 214 cm³/mol. The highest BCUT2D eigenvalue weighted by atomic mass is 35.5. The van der Waals surface area contributed by atoms with Crippen molar-refractivity contribution in [1.82, 2.24) is 0 Å². The summed E-state index contributed by atoms with van der Waals surface area (Å²) >= 11 is 12.1. The van der Waals surface area contributed by atoms with Crippen molar-refractivity contribution in [3.05, 3.63) is 177 Å². The Balaban J connectivity index is 1.15. The van der Waals surface area contributed by atoms with Crippen LogP contribution in [0.3, 0.4) is 0 Å². The molecule has 0 aromatic heterocycles. The molecule has 0 heterocycles. The third-order valence-electron chi connectivity index (χ3n) is 9.39. The van der Waals surface area contributed by atoms with E-state index in [1.165, 1.54) is 36.4 Å². The van der Waals surface area contributed by atoms with Crippen LogP contribution >= 0.6 is 23.2 Å². The number of ether oxygens (including phenoxy) is 4. The van der Waals surface area contributed by atoms with Gasteiger partial charge in [0.05, 0.1) is 10.0 Å². The molecule has 0 saturated heterocycles. The number of hydrogen-bond acceptors (Lipinski definition) is 7. The zero-order valence-corrected chi connectivity index (χ0v) is 32.3. The summed E-state index contributed by atoms with van der Waals surface area (Å²) in [5.74, 6) is 0.548. The van der Waals surface area contributed by atoms with Gasteiger partial charge in [0, 0.05) is 0 Å². The molecule has 7 nitrogen and oxygen atoms in total. The van der Waals surface area contributed by atoms with E-state index < -0.39 is 28.9 Å². The van der Waals surface area contributed by atoms with E-state index in [9.17, 15) is 42.1 Å². The topological polar surface area (TPSA) is 108 Å². The number of nitriles is 3. The largest absolute Gasteiger partial charge is 0.456 e. The van der Waals surface area contributed by atoms with Gasteiger partial charge in [0.1, 0.15) is 80.9 Å². The molecule has 0 unspecified atom stereocenters. The molecule has 15 heteroatoms. The number of rotatable bonds is 10. The molecule has 0 aliphatic heterocycles. The number of hydrogen-bond donors (Lipinski definition) is 0. The maximum atomic E-state index is 14.9. The minimum absolute atomic E-state index is 0.0401. The Morgan fingerprint density at radius 1 is 0.393 bits per heavy atom. The van der Waals surface area contributed by atoms with Gasteiger partial charge in [0.25, 0.3) is 0 Å². The lowest BCUT2D eigenvalue weighted by atomic mass is 9.73. The maximum Gasteiger partial charge on any atom is 0.411 e. The molecule has 0 aliphatic carbocycles. The van der Waals surface area contributed by atoms with E-state index in [4.69, 9.17) is 42.1 Å². The third kappa shape index (κ3) is 8.15. The quantitative estimate of drug-likeness (QED) is 0.126. The van der Waals surface area contributed by atoms with Crippen LogP contribution < -0.4 is 18.9 Å². The maximum absolute atomic E-state index is 14.9. The van der Waals surface area contributed by atoms with Crippen molar-refractivity contribution in [3.8, 4) is 64.2 Å². The lowest BCUT2D eigenvalue weighted by molar-refractivity contribution is -0.288. The number of nitrogens with zero attached hydrogens (tertiary/aromatic N) is 3. The van der Waals surface area contributed by atoms with E-state index in [1.54, 1.807) is 54.6 Å². The van der Waals surface area contributed by atoms with Gasteiger partial charge in [0.15, 0.2) is 0 Å². The van der Waals surface area contributed by atoms with E-state index in [-0.39, 0.29) is 61.2 Å². The van der Waals surface area contributed by atoms with Crippen molar-refractivity contribution in [2.24, 2.45) is 0 Å². The van der Waals surface area contributed by atoms with Gasteiger partial charge in [0.2, 0.25) is 5.41 Å². The Labute approximate surface area is 353 Å². The summed E-state index contributed by atoms with van der Waals surface area (Å²) in [6.07, 6.45) is -11.8. The Kier molecular flexibility index (Phi) is 11.4. The van der Waals surface area contributed by atoms with Crippen LogP contribution in [0.5, 0.6) is 46.0 Å². The molecular formula is C46H23Cl2F6N3O4. The molecule has 7 rings (SSSR count). The van der Waals surface area contributed by atoms with Crippen LogP contribution in [0, 0.1) is 34.0 Å². The zero-order chi connectivity index (χ0) is 43.5. The van der Waals surface area contributed by atoms with Crippen molar-refractivity contribution < 1.29 is 45.3 Å². The molecule has 0 spiro atoms. The summed E-state index contributed by atoms with van der Waals surface area (Å²) in [7, 11) is 0. The zero-order valence-electron chi connectivity index (χ0n) is 30.8. The molecule has 0 saturated carbocycles. The summed E-state index contributed by atoms with van der Waals surface area (Å²) in [5.41, 5.74) is -6.82. The fourth-order valence-corrected chi connectivity index (χ4v) is 6.97. The first-order valence-corrected chi connectivity index (χ1v) is 18.4. The van der Waals surface area contributed by atoms with Gasteiger partial charge in [-0.15, -0.1) is 0 Å². The van der Waals surface area contributed by atoms with Crippen LogP contribution in [-0.4, -0.2) is 12.4 Å². The van der Waals surface area contributed by atoms with Gasteiger partial charge < -0.3 is 18.9 Å². The Morgan fingerprint density at radius 3 is 1.08 bits per heavy atom. The van der Waals surface area contributed by atoms with Crippen molar-refractivity contribution in [2.75, 3.05) is 0 Å². The summed E-state index contributed by atoms with van der Waals surface area (Å²) < 4.78 is 113. The van der Waals surface area contributed by atoms with Gasteiger partial charge in [-0.3, -0.25) is 0 Å². The van der Waals surface area contributed by atoms with E-state index in [1.807, 2.05) is 18.2 Å². The molecule has 0 amide bonds. The fourth-order valence-electron chi connectivity index (χ4n) is 6.55. The van der Waals surface area contributed by atoms with E-state index in [0.29, 0.717) is 41.2 Å². The highest BCUT2D eigenvalue weighted by molar-refractivity contribution is 6.32. The molecule has 0 fully saturated rings. The van der Waals surface area contributed by atoms with Gasteiger partial charge in [-0.05, 0) is 107 Å². The molecule has 7 aromatic rings. The number of alkyl halides is 6. The van der Waals surface area contributed by atoms with Crippen LogP contribution in [0.2, 0.25) is 10.0 Å².